The molecule has 1 unspecified atom stereocenters. The molecule has 1 aliphatic rings. The summed E-state index contributed by atoms with van der Waals surface area (Å²) in [5.41, 5.74) is 0.391. The molecule has 1 aromatic rings. The number of ether oxygens (including phenoxy) is 1. The molecule has 1 saturated heterocycles. The lowest BCUT2D eigenvalue weighted by molar-refractivity contribution is -0.384. The monoisotopic (exact) mass is 308 g/mol. The van der Waals surface area contributed by atoms with E-state index in [0.717, 1.165) is 0 Å². The predicted octanol–water partition coefficient (Wildman–Crippen LogP) is 1.56. The van der Waals surface area contributed by atoms with E-state index in [1.807, 2.05) is 0 Å². The number of nitrogens with one attached hydrogen (secondary N) is 2. The highest BCUT2D eigenvalue weighted by Gasteiger charge is 2.24. The van der Waals surface area contributed by atoms with E-state index in [1.54, 1.807) is 6.92 Å². The normalized spacial score (nSPS) is 15.1. The fourth-order valence-electron chi connectivity index (χ4n) is 2.03. The lowest BCUT2D eigenvalue weighted by Crippen LogP contribution is -2.44. The molecule has 2 rings (SSSR count). The van der Waals surface area contributed by atoms with E-state index in [9.17, 15) is 19.7 Å². The molecule has 0 spiro atoms. The minimum absolute atomic E-state index is 0.0492. The number of carbonyl (C=O) groups excluding carboxylic acids is 2. The zero-order chi connectivity index (χ0) is 16.1. The van der Waals surface area contributed by atoms with Gasteiger partial charge in [-0.3, -0.25) is 10.1 Å². The molecule has 0 aromatic heterocycles. The number of non-ortho nitro benzene ring substituents is 1. The highest BCUT2D eigenvalue weighted by Crippen LogP contribution is 2.15. The number of benzene rings is 1. The molecule has 118 valence electrons. The fourth-order valence-corrected chi connectivity index (χ4v) is 2.03. The molecular weight excluding hydrogens is 292 g/mol. The number of nitro groups is 1. The van der Waals surface area contributed by atoms with Gasteiger partial charge in [-0.1, -0.05) is 0 Å². The smallest absolute Gasteiger partial charge is 0.410 e. The van der Waals surface area contributed by atoms with Gasteiger partial charge in [-0.25, -0.2) is 9.59 Å². The van der Waals surface area contributed by atoms with Crippen LogP contribution in [0.5, 0.6) is 0 Å². The molecule has 0 radical (unpaired) electrons. The molecule has 1 aliphatic heterocycles. The van der Waals surface area contributed by atoms with Gasteiger partial charge in [-0.15, -0.1) is 0 Å². The van der Waals surface area contributed by atoms with Crippen molar-refractivity contribution < 1.29 is 19.2 Å². The Kier molecular flexibility index (Phi) is 4.77. The van der Waals surface area contributed by atoms with Gasteiger partial charge in [0.1, 0.15) is 6.61 Å². The summed E-state index contributed by atoms with van der Waals surface area (Å²) in [6, 6.07) is 4.79. The molecule has 1 heterocycles. The summed E-state index contributed by atoms with van der Waals surface area (Å²) >= 11 is 0. The van der Waals surface area contributed by atoms with E-state index in [-0.39, 0.29) is 17.8 Å². The SMILES string of the molecule is CC(CN1CCOC1=O)NC(=O)Nc1ccc([N+](=O)[O-])cc1. The second-order valence-corrected chi connectivity index (χ2v) is 4.86. The molecule has 2 N–H and O–H groups in total. The number of amides is 3. The Bertz CT molecular complexity index is 574. The zero-order valence-corrected chi connectivity index (χ0v) is 11.9. The number of anilines is 1. The second kappa shape index (κ2) is 6.74. The lowest BCUT2D eigenvalue weighted by atomic mass is 10.3. The number of carbonyl (C=O) groups is 2. The third-order valence-corrected chi connectivity index (χ3v) is 3.05. The summed E-state index contributed by atoms with van der Waals surface area (Å²) in [6.45, 7) is 2.99. The third-order valence-electron chi connectivity index (χ3n) is 3.05. The van der Waals surface area contributed by atoms with Crippen molar-refractivity contribution in [3.8, 4) is 0 Å². The maximum absolute atomic E-state index is 11.8. The van der Waals surface area contributed by atoms with Crippen LogP contribution in [0.3, 0.4) is 0 Å². The van der Waals surface area contributed by atoms with Crippen LogP contribution in [-0.2, 0) is 4.74 Å². The van der Waals surface area contributed by atoms with Gasteiger partial charge in [0.25, 0.3) is 5.69 Å². The molecule has 1 atom stereocenters. The first-order valence-electron chi connectivity index (χ1n) is 6.69. The average Bonchev–Trinajstić information content (AvgIpc) is 2.84. The van der Waals surface area contributed by atoms with Crippen molar-refractivity contribution in [1.82, 2.24) is 10.2 Å². The Hall–Kier alpha value is -2.84. The number of rotatable bonds is 5. The number of hydrogen-bond acceptors (Lipinski definition) is 5. The van der Waals surface area contributed by atoms with Crippen LogP contribution in [0.25, 0.3) is 0 Å². The highest BCUT2D eigenvalue weighted by molar-refractivity contribution is 5.89. The summed E-state index contributed by atoms with van der Waals surface area (Å²) in [5.74, 6) is 0. The molecule has 0 aliphatic carbocycles. The minimum Gasteiger partial charge on any atom is -0.448 e. The van der Waals surface area contributed by atoms with Crippen molar-refractivity contribution >= 4 is 23.5 Å². The standard InChI is InChI=1S/C13H16N4O5/c1-9(8-16-6-7-22-13(16)19)14-12(18)15-10-2-4-11(5-3-10)17(20)21/h2-5,9H,6-8H2,1H3,(H2,14,15,18). The van der Waals surface area contributed by atoms with Crippen molar-refractivity contribution in [2.45, 2.75) is 13.0 Å². The molecule has 9 heteroatoms. The van der Waals surface area contributed by atoms with Crippen LogP contribution in [0.4, 0.5) is 21.0 Å². The maximum Gasteiger partial charge on any atom is 0.410 e. The first-order valence-corrected chi connectivity index (χ1v) is 6.69. The van der Waals surface area contributed by atoms with E-state index in [1.165, 1.54) is 29.2 Å². The van der Waals surface area contributed by atoms with E-state index in [0.29, 0.717) is 25.4 Å². The molecule has 1 fully saturated rings. The van der Waals surface area contributed by atoms with Gasteiger partial charge in [0.2, 0.25) is 0 Å². The fraction of sp³-hybridized carbons (Fsp3) is 0.385. The predicted molar refractivity (Wildman–Crippen MR) is 77.6 cm³/mol. The van der Waals surface area contributed by atoms with Crippen molar-refractivity contribution in [3.05, 3.63) is 34.4 Å². The minimum atomic E-state index is -0.513. The lowest BCUT2D eigenvalue weighted by Gasteiger charge is -2.19. The van der Waals surface area contributed by atoms with E-state index < -0.39 is 11.0 Å². The Balaban J connectivity index is 1.81. The Labute approximate surface area is 126 Å². The van der Waals surface area contributed by atoms with Crippen molar-refractivity contribution in [3.63, 3.8) is 0 Å². The van der Waals surface area contributed by atoms with Gasteiger partial charge in [0.15, 0.2) is 0 Å². The quantitative estimate of drug-likeness (QED) is 0.633. The first-order chi connectivity index (χ1) is 10.5. The van der Waals surface area contributed by atoms with Crippen LogP contribution < -0.4 is 10.6 Å². The summed E-state index contributed by atoms with van der Waals surface area (Å²) < 4.78 is 4.80. The summed E-state index contributed by atoms with van der Waals surface area (Å²) in [7, 11) is 0. The number of nitro benzene ring substituents is 1. The number of nitrogens with zero attached hydrogens (tertiary/aromatic N) is 2. The Morgan fingerprint density at radius 3 is 2.68 bits per heavy atom. The van der Waals surface area contributed by atoms with Crippen LogP contribution in [0.15, 0.2) is 24.3 Å². The third kappa shape index (κ3) is 4.08. The van der Waals surface area contributed by atoms with Crippen molar-refractivity contribution in [2.24, 2.45) is 0 Å². The van der Waals surface area contributed by atoms with Crippen LogP contribution in [0.1, 0.15) is 6.92 Å². The van der Waals surface area contributed by atoms with Crippen LogP contribution >= 0.6 is 0 Å². The van der Waals surface area contributed by atoms with Crippen LogP contribution in [0, 0.1) is 10.1 Å². The summed E-state index contributed by atoms with van der Waals surface area (Å²) in [6.07, 6.45) is -0.385. The van der Waals surface area contributed by atoms with Gasteiger partial charge in [0, 0.05) is 30.4 Å². The van der Waals surface area contributed by atoms with Crippen molar-refractivity contribution in [1.29, 1.82) is 0 Å². The van der Waals surface area contributed by atoms with Gasteiger partial charge < -0.3 is 20.3 Å². The second-order valence-electron chi connectivity index (χ2n) is 4.86. The largest absolute Gasteiger partial charge is 0.448 e. The average molecular weight is 308 g/mol. The Morgan fingerprint density at radius 1 is 1.45 bits per heavy atom. The Morgan fingerprint density at radius 2 is 2.14 bits per heavy atom. The molecule has 0 saturated carbocycles. The van der Waals surface area contributed by atoms with Crippen molar-refractivity contribution in [2.75, 3.05) is 25.0 Å². The van der Waals surface area contributed by atoms with Crippen LogP contribution in [-0.4, -0.2) is 47.7 Å². The number of cyclic esters (lactones) is 1. The van der Waals surface area contributed by atoms with Gasteiger partial charge >= 0.3 is 12.1 Å². The summed E-state index contributed by atoms with van der Waals surface area (Å²) in [4.78, 5) is 34.6. The van der Waals surface area contributed by atoms with E-state index in [2.05, 4.69) is 10.6 Å². The molecule has 0 bridgehead atoms. The van der Waals surface area contributed by atoms with Gasteiger partial charge in [-0.2, -0.15) is 0 Å². The molecule has 22 heavy (non-hydrogen) atoms. The maximum atomic E-state index is 11.8. The number of urea groups is 1. The van der Waals surface area contributed by atoms with E-state index in [4.69, 9.17) is 4.74 Å². The first kappa shape index (κ1) is 15.5. The molecule has 1 aromatic carbocycles. The van der Waals surface area contributed by atoms with Gasteiger partial charge in [0.05, 0.1) is 11.5 Å². The summed E-state index contributed by atoms with van der Waals surface area (Å²) in [5, 5.41) is 15.8. The van der Waals surface area contributed by atoms with Gasteiger partial charge in [-0.05, 0) is 19.1 Å². The molecular formula is C13H16N4O5. The number of hydrogen-bond donors (Lipinski definition) is 2. The highest BCUT2D eigenvalue weighted by atomic mass is 16.6. The van der Waals surface area contributed by atoms with E-state index >= 15 is 0 Å². The topological polar surface area (TPSA) is 114 Å². The zero-order valence-electron chi connectivity index (χ0n) is 11.9. The molecule has 3 amide bonds. The van der Waals surface area contributed by atoms with Crippen LogP contribution in [0.2, 0.25) is 0 Å². The molecule has 9 nitrogen and oxygen atoms in total.